The number of carbonyl (C=O) groups excluding carboxylic acids is 2. The summed E-state index contributed by atoms with van der Waals surface area (Å²) < 4.78 is 22.0. The van der Waals surface area contributed by atoms with Crippen LogP contribution in [0.4, 0.5) is 0 Å². The van der Waals surface area contributed by atoms with Crippen molar-refractivity contribution in [2.45, 2.75) is 185 Å². The van der Waals surface area contributed by atoms with Crippen molar-refractivity contribution in [1.82, 2.24) is 0 Å². The number of aliphatic hydroxyl groups is 4. The zero-order valence-corrected chi connectivity index (χ0v) is 35.1. The second-order valence-corrected chi connectivity index (χ2v) is 14.5. The summed E-state index contributed by atoms with van der Waals surface area (Å²) in [7, 11) is 0. The molecule has 0 aromatic rings. The standard InChI is InChI=1S/C47H76O10/c1-3-5-7-9-11-13-15-17-19-20-22-24-26-28-30-32-34-36-43(50)56-40(39-55-47-46(53)45(52)44(51)41(37-48)57-47)38-54-42(49)35-33-31-29-27-25-23-21-18-16-14-12-10-8-6-4-2/h5,7,11,13,16-17,19,21-22,24,28,30,40-41,44-48,51-53H,3-4,6,8-10,12,14-15,20,23,25-27,29,31-39H2,1-2H3/b7-5+,13-11+,19-17+,24-22+,30-28+/t18?,40-,41-,44+,45?,46?,47-/m1/s1. The highest BCUT2D eigenvalue weighted by atomic mass is 16.7. The van der Waals surface area contributed by atoms with Crippen LogP contribution in [0.1, 0.15) is 149 Å². The Balaban J connectivity index is 2.42. The van der Waals surface area contributed by atoms with Crippen LogP contribution in [-0.4, -0.2) is 89.0 Å². The minimum atomic E-state index is -1.61. The van der Waals surface area contributed by atoms with Gasteiger partial charge in [-0.1, -0.05) is 120 Å². The second-order valence-electron chi connectivity index (χ2n) is 14.5. The molecule has 0 spiro atoms. The lowest BCUT2D eigenvalue weighted by Gasteiger charge is -2.39. The number of allylic oxidation sites excluding steroid dienone is 11. The molecule has 2 unspecified atom stereocenters. The van der Waals surface area contributed by atoms with Gasteiger partial charge in [-0.05, 0) is 89.2 Å². The quantitative estimate of drug-likeness (QED) is 0.0215. The van der Waals surface area contributed by atoms with Crippen molar-refractivity contribution in [1.29, 1.82) is 0 Å². The fraction of sp³-hybridized carbons (Fsp3) is 0.681. The highest BCUT2D eigenvalue weighted by Crippen LogP contribution is 2.22. The van der Waals surface area contributed by atoms with Crippen molar-refractivity contribution >= 4 is 11.9 Å². The molecule has 324 valence electrons. The number of rotatable bonds is 34. The van der Waals surface area contributed by atoms with Crippen LogP contribution in [0.2, 0.25) is 0 Å². The summed E-state index contributed by atoms with van der Waals surface area (Å²) in [6.07, 6.45) is 36.9. The Morgan fingerprint density at radius 2 is 1.16 bits per heavy atom. The number of hydrogen-bond acceptors (Lipinski definition) is 10. The number of aliphatic hydroxyl groups excluding tert-OH is 4. The van der Waals surface area contributed by atoms with E-state index in [0.717, 1.165) is 70.6 Å². The summed E-state index contributed by atoms with van der Waals surface area (Å²) in [6.45, 7) is 3.19. The highest BCUT2D eigenvalue weighted by molar-refractivity contribution is 5.70. The van der Waals surface area contributed by atoms with Crippen molar-refractivity contribution in [2.75, 3.05) is 19.8 Å². The molecule has 57 heavy (non-hydrogen) atoms. The van der Waals surface area contributed by atoms with Gasteiger partial charge in [0.2, 0.25) is 0 Å². The molecule has 0 aromatic heterocycles. The van der Waals surface area contributed by atoms with E-state index < -0.39 is 55.4 Å². The average molecular weight is 801 g/mol. The summed E-state index contributed by atoms with van der Waals surface area (Å²) in [5.41, 5.74) is 3.29. The first kappa shape index (κ1) is 51.9. The smallest absolute Gasteiger partial charge is 0.306 e. The Hall–Kier alpha value is -3.08. The first-order valence-electron chi connectivity index (χ1n) is 21.7. The van der Waals surface area contributed by atoms with E-state index in [4.69, 9.17) is 18.9 Å². The van der Waals surface area contributed by atoms with Crippen LogP contribution in [0.3, 0.4) is 0 Å². The Kier molecular flexibility index (Phi) is 33.9. The SMILES string of the molecule is CC/C=C/C/C=C/C/C=C/C/C=C/C/C=C/CCCC(=O)O[C@H](COC(=O)CCCCCCCC=C=CCCCCCCC)CO[C@@H]1O[C@H](CO)[C@H](O)C(O)C1O. The molecule has 1 fully saturated rings. The Labute approximate surface area is 344 Å². The molecular weight excluding hydrogens is 725 g/mol. The number of carbonyl (C=O) groups is 2. The molecule has 1 aliphatic heterocycles. The third kappa shape index (κ3) is 28.9. The van der Waals surface area contributed by atoms with Gasteiger partial charge >= 0.3 is 11.9 Å². The predicted molar refractivity (Wildman–Crippen MR) is 227 cm³/mol. The maximum Gasteiger partial charge on any atom is 0.306 e. The van der Waals surface area contributed by atoms with E-state index >= 15 is 0 Å². The van der Waals surface area contributed by atoms with Gasteiger partial charge in [0.05, 0.1) is 13.2 Å². The van der Waals surface area contributed by atoms with Gasteiger partial charge in [-0.25, -0.2) is 0 Å². The zero-order valence-electron chi connectivity index (χ0n) is 35.1. The van der Waals surface area contributed by atoms with E-state index in [9.17, 15) is 30.0 Å². The molecule has 0 bridgehead atoms. The number of unbranched alkanes of at least 4 members (excludes halogenated alkanes) is 11. The molecular formula is C47H76O10. The van der Waals surface area contributed by atoms with E-state index in [-0.39, 0.29) is 26.1 Å². The minimum absolute atomic E-state index is 0.143. The van der Waals surface area contributed by atoms with Gasteiger partial charge in [-0.15, -0.1) is 5.73 Å². The van der Waals surface area contributed by atoms with Crippen LogP contribution in [0.25, 0.3) is 0 Å². The van der Waals surface area contributed by atoms with Crippen LogP contribution >= 0.6 is 0 Å². The lowest BCUT2D eigenvalue weighted by molar-refractivity contribution is -0.305. The van der Waals surface area contributed by atoms with Crippen LogP contribution in [-0.2, 0) is 28.5 Å². The molecule has 0 radical (unpaired) electrons. The van der Waals surface area contributed by atoms with Crippen molar-refractivity contribution < 1.29 is 49.0 Å². The van der Waals surface area contributed by atoms with Gasteiger partial charge in [-0.3, -0.25) is 9.59 Å². The van der Waals surface area contributed by atoms with Gasteiger partial charge in [0, 0.05) is 12.8 Å². The lowest BCUT2D eigenvalue weighted by atomic mass is 9.99. The first-order chi connectivity index (χ1) is 27.8. The molecule has 6 atom stereocenters. The lowest BCUT2D eigenvalue weighted by Crippen LogP contribution is -2.59. The summed E-state index contributed by atoms with van der Waals surface area (Å²) in [4.78, 5) is 25.3. The maximum atomic E-state index is 12.7. The molecule has 1 heterocycles. The van der Waals surface area contributed by atoms with E-state index in [0.29, 0.717) is 19.3 Å². The second kappa shape index (κ2) is 37.2. The van der Waals surface area contributed by atoms with Crippen LogP contribution in [0.15, 0.2) is 78.6 Å². The molecule has 1 aliphatic rings. The van der Waals surface area contributed by atoms with E-state index in [1.807, 2.05) is 6.08 Å². The van der Waals surface area contributed by atoms with Crippen molar-refractivity contribution in [3.63, 3.8) is 0 Å². The molecule has 0 aromatic carbocycles. The van der Waals surface area contributed by atoms with Gasteiger partial charge in [-0.2, -0.15) is 0 Å². The Bertz CT molecular complexity index is 1210. The largest absolute Gasteiger partial charge is 0.462 e. The molecule has 1 rings (SSSR count). The topological polar surface area (TPSA) is 152 Å². The maximum absolute atomic E-state index is 12.7. The van der Waals surface area contributed by atoms with Crippen LogP contribution in [0, 0.1) is 0 Å². The van der Waals surface area contributed by atoms with Gasteiger partial charge in [0.1, 0.15) is 31.0 Å². The van der Waals surface area contributed by atoms with E-state index in [1.165, 1.54) is 32.1 Å². The number of hydrogen-bond donors (Lipinski definition) is 4. The molecule has 0 amide bonds. The van der Waals surface area contributed by atoms with Crippen LogP contribution in [0.5, 0.6) is 0 Å². The normalized spacial score (nSPS) is 20.6. The third-order valence-electron chi connectivity index (χ3n) is 9.35. The predicted octanol–water partition coefficient (Wildman–Crippen LogP) is 8.98. The van der Waals surface area contributed by atoms with Gasteiger partial charge in [0.25, 0.3) is 0 Å². The third-order valence-corrected chi connectivity index (χ3v) is 9.35. The molecule has 0 saturated carbocycles. The number of ether oxygens (including phenoxy) is 4. The molecule has 10 heteroatoms. The summed E-state index contributed by atoms with van der Waals surface area (Å²) in [5.74, 6) is -0.904. The van der Waals surface area contributed by atoms with Crippen molar-refractivity contribution in [3.05, 3.63) is 78.6 Å². The average Bonchev–Trinajstić information content (AvgIpc) is 3.21. The van der Waals surface area contributed by atoms with Crippen molar-refractivity contribution in [2.24, 2.45) is 0 Å². The monoisotopic (exact) mass is 801 g/mol. The zero-order chi connectivity index (χ0) is 41.6. The first-order valence-corrected chi connectivity index (χ1v) is 21.7. The summed E-state index contributed by atoms with van der Waals surface area (Å²) in [6, 6.07) is 0. The summed E-state index contributed by atoms with van der Waals surface area (Å²) in [5, 5.41) is 40.0. The molecule has 1 saturated heterocycles. The Morgan fingerprint density at radius 1 is 0.614 bits per heavy atom. The fourth-order valence-corrected chi connectivity index (χ4v) is 5.91. The number of esters is 2. The molecule has 0 aliphatic carbocycles. The molecule has 10 nitrogen and oxygen atoms in total. The van der Waals surface area contributed by atoms with Gasteiger partial charge < -0.3 is 39.4 Å². The van der Waals surface area contributed by atoms with Crippen molar-refractivity contribution in [3.8, 4) is 0 Å². The summed E-state index contributed by atoms with van der Waals surface area (Å²) >= 11 is 0. The Morgan fingerprint density at radius 3 is 1.75 bits per heavy atom. The van der Waals surface area contributed by atoms with Crippen LogP contribution < -0.4 is 0 Å². The fourth-order valence-electron chi connectivity index (χ4n) is 5.91. The van der Waals surface area contributed by atoms with Gasteiger partial charge in [0.15, 0.2) is 12.4 Å². The highest BCUT2D eigenvalue weighted by Gasteiger charge is 2.44. The minimum Gasteiger partial charge on any atom is -0.462 e. The van der Waals surface area contributed by atoms with E-state index in [2.05, 4.69) is 86.4 Å². The van der Waals surface area contributed by atoms with E-state index in [1.54, 1.807) is 0 Å². The molecule has 4 N–H and O–H groups in total.